The van der Waals surface area contributed by atoms with Crippen molar-refractivity contribution in [3.05, 3.63) is 58.9 Å². The summed E-state index contributed by atoms with van der Waals surface area (Å²) in [5.41, 5.74) is -0.0706. The Kier molecular flexibility index (Phi) is 3.65. The van der Waals surface area contributed by atoms with E-state index in [9.17, 15) is 23.1 Å². The largest absolute Gasteiger partial charge is 0.508 e. The van der Waals surface area contributed by atoms with Crippen LogP contribution < -0.4 is 5.32 Å². The minimum Gasteiger partial charge on any atom is -0.508 e. The Balaban J connectivity index is 2.33. The highest BCUT2D eigenvalue weighted by Crippen LogP contribution is 2.23. The van der Waals surface area contributed by atoms with Crippen molar-refractivity contribution in [1.82, 2.24) is 0 Å². The van der Waals surface area contributed by atoms with E-state index < -0.39 is 29.0 Å². The van der Waals surface area contributed by atoms with E-state index in [1.807, 2.05) is 0 Å². The fraction of sp³-hybridized carbons (Fsp3) is 0.0714. The van der Waals surface area contributed by atoms with Crippen LogP contribution in [0.2, 0.25) is 0 Å². The van der Waals surface area contributed by atoms with Gasteiger partial charge in [-0.2, -0.15) is 0 Å². The number of phenolic OH excluding ortho intramolecular Hbond substituents is 1. The summed E-state index contributed by atoms with van der Waals surface area (Å²) in [6.07, 6.45) is 0. The normalized spacial score (nSPS) is 10.4. The Hall–Kier alpha value is -2.50. The number of halogens is 3. The summed E-state index contributed by atoms with van der Waals surface area (Å²) in [5.74, 6) is -5.30. The molecule has 0 heterocycles. The molecular weight excluding hydrogens is 271 g/mol. The van der Waals surface area contributed by atoms with Crippen molar-refractivity contribution >= 4 is 11.6 Å². The van der Waals surface area contributed by atoms with Crippen molar-refractivity contribution < 1.29 is 23.1 Å². The van der Waals surface area contributed by atoms with E-state index in [0.717, 1.165) is 6.07 Å². The number of rotatable bonds is 2. The number of phenols is 1. The highest BCUT2D eigenvalue weighted by molar-refractivity contribution is 6.05. The second kappa shape index (κ2) is 5.24. The summed E-state index contributed by atoms with van der Waals surface area (Å²) in [4.78, 5) is 11.9. The van der Waals surface area contributed by atoms with E-state index in [2.05, 4.69) is 5.32 Å². The van der Waals surface area contributed by atoms with Gasteiger partial charge in [0.05, 0.1) is 5.69 Å². The molecule has 2 N–H and O–H groups in total. The molecule has 0 aliphatic carbocycles. The number of anilines is 1. The molecule has 2 aromatic rings. The Morgan fingerprint density at radius 1 is 1.10 bits per heavy atom. The van der Waals surface area contributed by atoms with Gasteiger partial charge in [-0.25, -0.2) is 13.2 Å². The van der Waals surface area contributed by atoms with Gasteiger partial charge in [0.25, 0.3) is 5.91 Å². The predicted octanol–water partition coefficient (Wildman–Crippen LogP) is 3.37. The topological polar surface area (TPSA) is 49.3 Å². The van der Waals surface area contributed by atoms with Crippen molar-refractivity contribution in [3.8, 4) is 5.75 Å². The first-order valence-electron chi connectivity index (χ1n) is 5.65. The van der Waals surface area contributed by atoms with Gasteiger partial charge in [-0.05, 0) is 31.2 Å². The lowest BCUT2D eigenvalue weighted by Crippen LogP contribution is -2.15. The molecule has 0 radical (unpaired) electrons. The maximum absolute atomic E-state index is 13.4. The van der Waals surface area contributed by atoms with Crippen molar-refractivity contribution in [1.29, 1.82) is 0 Å². The monoisotopic (exact) mass is 281 g/mol. The molecule has 0 fully saturated rings. The van der Waals surface area contributed by atoms with Gasteiger partial charge in [0.1, 0.15) is 5.75 Å². The fourth-order valence-corrected chi connectivity index (χ4v) is 1.68. The van der Waals surface area contributed by atoms with E-state index in [-0.39, 0.29) is 11.3 Å². The molecule has 0 aliphatic rings. The van der Waals surface area contributed by atoms with Crippen LogP contribution in [0, 0.1) is 24.4 Å². The number of amides is 1. The fourth-order valence-electron chi connectivity index (χ4n) is 1.68. The number of carbonyl (C=O) groups excluding carboxylic acids is 1. The van der Waals surface area contributed by atoms with Gasteiger partial charge in [-0.1, -0.05) is 6.07 Å². The zero-order valence-electron chi connectivity index (χ0n) is 10.4. The van der Waals surface area contributed by atoms with Crippen LogP contribution in [0.1, 0.15) is 15.9 Å². The van der Waals surface area contributed by atoms with Crippen LogP contribution in [0.4, 0.5) is 18.9 Å². The molecule has 0 bridgehead atoms. The minimum atomic E-state index is -1.66. The highest BCUT2D eigenvalue weighted by atomic mass is 19.2. The Bertz CT molecular complexity index is 686. The zero-order valence-corrected chi connectivity index (χ0v) is 10.4. The maximum atomic E-state index is 13.4. The quantitative estimate of drug-likeness (QED) is 0.829. The molecule has 6 heteroatoms. The third kappa shape index (κ3) is 2.45. The smallest absolute Gasteiger partial charge is 0.256 e. The summed E-state index contributed by atoms with van der Waals surface area (Å²) in [5, 5.41) is 11.6. The van der Waals surface area contributed by atoms with Crippen LogP contribution >= 0.6 is 0 Å². The van der Waals surface area contributed by atoms with Crippen LogP contribution in [-0.2, 0) is 0 Å². The molecule has 0 saturated heterocycles. The second-order valence-electron chi connectivity index (χ2n) is 4.13. The van der Waals surface area contributed by atoms with Crippen LogP contribution in [0.15, 0.2) is 30.3 Å². The summed E-state index contributed by atoms with van der Waals surface area (Å²) < 4.78 is 39.3. The molecule has 0 atom stereocenters. The van der Waals surface area contributed by atoms with Crippen LogP contribution in [0.3, 0.4) is 0 Å². The molecule has 104 valence electrons. The van der Waals surface area contributed by atoms with E-state index in [4.69, 9.17) is 0 Å². The molecule has 3 nitrogen and oxygen atoms in total. The minimum absolute atomic E-state index is 0.0941. The molecule has 1 amide bonds. The van der Waals surface area contributed by atoms with E-state index in [1.54, 1.807) is 0 Å². The number of hydrogen-bond acceptors (Lipinski definition) is 2. The molecule has 0 saturated carbocycles. The molecular formula is C14H10F3NO2. The standard InChI is InChI=1S/C14H10F3NO2/c1-7-8(3-2-4-11(7)19)14(20)18-10-6-5-9(15)12(16)13(10)17/h2-6,19H,1H3,(H,18,20). The van der Waals surface area contributed by atoms with Crippen LogP contribution in [-0.4, -0.2) is 11.0 Å². The molecule has 2 aromatic carbocycles. The van der Waals surface area contributed by atoms with Crippen molar-refractivity contribution in [2.45, 2.75) is 6.92 Å². The van der Waals surface area contributed by atoms with Crippen molar-refractivity contribution in [2.75, 3.05) is 5.32 Å². The molecule has 20 heavy (non-hydrogen) atoms. The van der Waals surface area contributed by atoms with E-state index >= 15 is 0 Å². The molecule has 0 unspecified atom stereocenters. The highest BCUT2D eigenvalue weighted by Gasteiger charge is 2.17. The van der Waals surface area contributed by atoms with Gasteiger partial charge in [-0.3, -0.25) is 4.79 Å². The lowest BCUT2D eigenvalue weighted by molar-refractivity contribution is 0.102. The number of carbonyl (C=O) groups is 1. The first-order valence-corrected chi connectivity index (χ1v) is 5.65. The van der Waals surface area contributed by atoms with Gasteiger partial charge in [0.15, 0.2) is 17.5 Å². The molecule has 2 rings (SSSR count). The Morgan fingerprint density at radius 3 is 2.50 bits per heavy atom. The van der Waals surface area contributed by atoms with Gasteiger partial charge < -0.3 is 10.4 Å². The molecule has 0 aromatic heterocycles. The number of nitrogens with one attached hydrogen (secondary N) is 1. The number of hydrogen-bond donors (Lipinski definition) is 2. The zero-order chi connectivity index (χ0) is 14.9. The lowest BCUT2D eigenvalue weighted by atomic mass is 10.1. The van der Waals surface area contributed by atoms with Crippen molar-refractivity contribution in [3.63, 3.8) is 0 Å². The summed E-state index contributed by atoms with van der Waals surface area (Å²) >= 11 is 0. The van der Waals surface area contributed by atoms with Gasteiger partial charge >= 0.3 is 0 Å². The van der Waals surface area contributed by atoms with Crippen LogP contribution in [0.25, 0.3) is 0 Å². The summed E-state index contributed by atoms with van der Waals surface area (Å²) in [6, 6.07) is 5.89. The number of benzene rings is 2. The van der Waals surface area contributed by atoms with Crippen LogP contribution in [0.5, 0.6) is 5.75 Å². The lowest BCUT2D eigenvalue weighted by Gasteiger charge is -2.10. The summed E-state index contributed by atoms with van der Waals surface area (Å²) in [6.45, 7) is 1.51. The van der Waals surface area contributed by atoms with Gasteiger partial charge in [0.2, 0.25) is 0 Å². The van der Waals surface area contributed by atoms with Gasteiger partial charge in [-0.15, -0.1) is 0 Å². The predicted molar refractivity (Wildman–Crippen MR) is 67.1 cm³/mol. The maximum Gasteiger partial charge on any atom is 0.256 e. The van der Waals surface area contributed by atoms with E-state index in [0.29, 0.717) is 11.6 Å². The average Bonchev–Trinajstić information content (AvgIpc) is 2.42. The second-order valence-corrected chi connectivity index (χ2v) is 4.13. The molecule has 0 spiro atoms. The summed E-state index contributed by atoms with van der Waals surface area (Å²) in [7, 11) is 0. The van der Waals surface area contributed by atoms with Gasteiger partial charge in [0, 0.05) is 11.1 Å². The first-order chi connectivity index (χ1) is 9.41. The molecule has 0 aliphatic heterocycles. The van der Waals surface area contributed by atoms with E-state index in [1.165, 1.54) is 25.1 Å². The Morgan fingerprint density at radius 2 is 1.80 bits per heavy atom. The SMILES string of the molecule is Cc1c(O)cccc1C(=O)Nc1ccc(F)c(F)c1F. The third-order valence-electron chi connectivity index (χ3n) is 2.83. The first kappa shape index (κ1) is 13.9. The average molecular weight is 281 g/mol. The number of aromatic hydroxyl groups is 1. The van der Waals surface area contributed by atoms with Crippen molar-refractivity contribution in [2.24, 2.45) is 0 Å². The third-order valence-corrected chi connectivity index (χ3v) is 2.83. The Labute approximate surface area is 112 Å².